The van der Waals surface area contributed by atoms with Crippen molar-refractivity contribution >= 4 is 0 Å². The van der Waals surface area contributed by atoms with Gasteiger partial charge in [0.15, 0.2) is 0 Å². The molecule has 21 heavy (non-hydrogen) atoms. The molecule has 0 amide bonds. The first-order chi connectivity index (χ1) is 9.49. The number of piperazine rings is 1. The van der Waals surface area contributed by atoms with Crippen LogP contribution in [0.5, 0.6) is 0 Å². The molecule has 2 aliphatic heterocycles. The topological polar surface area (TPSA) is 148 Å². The number of nitrogens with one attached hydrogen (secondary N) is 4. The Balaban J connectivity index is 0.00000115. The van der Waals surface area contributed by atoms with Crippen molar-refractivity contribution in [2.45, 2.75) is 47.4 Å². The quantitative estimate of drug-likeness (QED) is 0.210. The maximum Gasteiger partial charge on any atom is 0.113 e. The number of nitrogens with zero attached hydrogens (tertiary/aromatic N) is 2. The van der Waals surface area contributed by atoms with Crippen LogP contribution in [0.15, 0.2) is 0 Å². The summed E-state index contributed by atoms with van der Waals surface area (Å²) in [6.45, 7) is 0. The molecule has 4 aliphatic carbocycles. The van der Waals surface area contributed by atoms with E-state index < -0.39 is 12.7 Å². The summed E-state index contributed by atoms with van der Waals surface area (Å²) in [5, 5.41) is 5.74. The summed E-state index contributed by atoms with van der Waals surface area (Å²) < 4.78 is 9.65. The molecule has 4 unspecified atom stereocenters. The van der Waals surface area contributed by atoms with Crippen LogP contribution in [0.3, 0.4) is 0 Å². The van der Waals surface area contributed by atoms with Gasteiger partial charge in [-0.25, -0.2) is 0 Å². The van der Waals surface area contributed by atoms with Gasteiger partial charge in [0, 0.05) is 44.0 Å². The first-order valence-corrected chi connectivity index (χ1v) is 6.60. The fraction of sp³-hybridized carbons (Fsp3) is 1.00. The van der Waals surface area contributed by atoms with E-state index in [1.54, 1.807) is 0 Å². The molecule has 0 aromatic heterocycles. The van der Waals surface area contributed by atoms with E-state index in [9.17, 15) is 0 Å². The van der Waals surface area contributed by atoms with E-state index in [0.29, 0.717) is 0 Å². The molecule has 4 spiro atoms. The van der Waals surface area contributed by atoms with Crippen LogP contribution < -0.4 is 22.1 Å². The third-order valence-corrected chi connectivity index (χ3v) is 5.91. The molecule has 2 saturated heterocycles. The van der Waals surface area contributed by atoms with E-state index in [4.69, 9.17) is 32.4 Å². The third kappa shape index (κ3) is 0.891. The van der Waals surface area contributed by atoms with Crippen molar-refractivity contribution in [2.24, 2.45) is 11.5 Å². The molecule has 4 saturated carbocycles. The van der Waals surface area contributed by atoms with Gasteiger partial charge >= 0.3 is 0 Å². The third-order valence-electron chi connectivity index (χ3n) is 5.91. The van der Waals surface area contributed by atoms with Crippen LogP contribution in [-0.4, -0.2) is 71.5 Å². The standard InChI is InChI=1S/C10H18N8O2.Cu/c1-19-5(13)15-3(11)17-7-8(17)9(7)10(7,8)18(9)4(12)16-6(14)20-2;/h3-6,13-16H,11-12H2,1-2H3;/q-2;. The number of ether oxygens (including phenoxy) is 2. The normalized spacial score (nSPS) is 60.3. The summed E-state index contributed by atoms with van der Waals surface area (Å²) in [6, 6.07) is 0. The first-order valence-electron chi connectivity index (χ1n) is 6.60. The van der Waals surface area contributed by atoms with Gasteiger partial charge in [-0.3, -0.25) is 20.4 Å². The Kier molecular flexibility index (Phi) is 2.42. The van der Waals surface area contributed by atoms with Crippen molar-refractivity contribution in [1.29, 1.82) is 0 Å². The van der Waals surface area contributed by atoms with Crippen LogP contribution in [0.25, 0.3) is 11.5 Å². The zero-order chi connectivity index (χ0) is 14.3. The van der Waals surface area contributed by atoms with E-state index >= 15 is 0 Å². The molecule has 10 nitrogen and oxygen atoms in total. The van der Waals surface area contributed by atoms with Gasteiger partial charge in [0.25, 0.3) is 0 Å². The fourth-order valence-electron chi connectivity index (χ4n) is 5.24. The Morgan fingerprint density at radius 1 is 0.857 bits per heavy atom. The summed E-state index contributed by atoms with van der Waals surface area (Å²) in [7, 11) is 2.94. The minimum absolute atomic E-state index is 0. The van der Waals surface area contributed by atoms with Crippen molar-refractivity contribution in [3.05, 3.63) is 11.5 Å². The number of nitrogens with two attached hydrogens (primary N) is 2. The first kappa shape index (κ1) is 14.7. The Labute approximate surface area is 132 Å². The molecule has 6 aliphatic rings. The zero-order valence-corrected chi connectivity index (χ0v) is 12.4. The number of likely N-dealkylation sites (tertiary alicyclic amines) is 2. The van der Waals surface area contributed by atoms with E-state index in [0.717, 1.165) is 0 Å². The Bertz CT molecular complexity index is 429. The number of hydrogen-bond donors (Lipinski definition) is 4. The molecular weight excluding hydrogens is 328 g/mol. The molecule has 6 fully saturated rings. The van der Waals surface area contributed by atoms with E-state index in [1.165, 1.54) is 14.2 Å². The van der Waals surface area contributed by atoms with E-state index in [2.05, 4.69) is 20.4 Å². The molecule has 0 aromatic carbocycles. The second-order valence-electron chi connectivity index (χ2n) is 6.04. The molecule has 8 N–H and O–H groups in total. The molecule has 123 valence electrons. The van der Waals surface area contributed by atoms with Crippen molar-refractivity contribution < 1.29 is 26.5 Å². The zero-order valence-electron chi connectivity index (χ0n) is 11.5. The molecule has 6 rings (SSSR count). The van der Waals surface area contributed by atoms with Gasteiger partial charge in [-0.2, -0.15) is 0 Å². The molecule has 1 radical (unpaired) electrons. The molecule has 0 aromatic rings. The fourth-order valence-corrected chi connectivity index (χ4v) is 5.24. The van der Waals surface area contributed by atoms with Gasteiger partial charge in [0.05, 0.1) is 22.2 Å². The Morgan fingerprint density at radius 3 is 1.38 bits per heavy atom. The second kappa shape index (κ2) is 3.46. The minimum atomic E-state index is -0.802. The Morgan fingerprint density at radius 2 is 1.14 bits per heavy atom. The van der Waals surface area contributed by atoms with Gasteiger partial charge < -0.3 is 32.4 Å². The van der Waals surface area contributed by atoms with Crippen LogP contribution in [0.1, 0.15) is 0 Å². The smallest absolute Gasteiger partial charge is 0.113 e. The number of rotatable bonds is 8. The van der Waals surface area contributed by atoms with Gasteiger partial charge in [-0.1, -0.05) is 0 Å². The van der Waals surface area contributed by atoms with Crippen LogP contribution in [0.4, 0.5) is 0 Å². The Hall–Kier alpha value is 0.119. The maximum absolute atomic E-state index is 7.48. The summed E-state index contributed by atoms with van der Waals surface area (Å²) in [5.74, 6) is 0. The monoisotopic (exact) mass is 345 g/mol. The van der Waals surface area contributed by atoms with Crippen LogP contribution >= 0.6 is 0 Å². The van der Waals surface area contributed by atoms with Crippen molar-refractivity contribution in [2.75, 3.05) is 14.2 Å². The van der Waals surface area contributed by atoms with Crippen molar-refractivity contribution in [3.8, 4) is 0 Å². The predicted octanol–water partition coefficient (Wildman–Crippen LogP) is -2.76. The van der Waals surface area contributed by atoms with Gasteiger partial charge in [0.2, 0.25) is 0 Å². The molecular formula is C10H18CuN8O2-2. The second-order valence-corrected chi connectivity index (χ2v) is 6.04. The molecule has 2 heterocycles. The minimum Gasteiger partial charge on any atom is -0.639 e. The van der Waals surface area contributed by atoms with Gasteiger partial charge in [0.1, 0.15) is 12.6 Å². The SMILES string of the molecule is COC([NH-])NC(N)N1C23C14C21N(C(N)NC([NH-])OC)C341.[Cu]. The van der Waals surface area contributed by atoms with Crippen molar-refractivity contribution in [3.63, 3.8) is 0 Å². The van der Waals surface area contributed by atoms with Gasteiger partial charge in [-0.15, -0.1) is 0 Å². The van der Waals surface area contributed by atoms with Crippen LogP contribution in [-0.2, 0) is 26.5 Å². The van der Waals surface area contributed by atoms with E-state index in [1.807, 2.05) is 0 Å². The largest absolute Gasteiger partial charge is 0.639 e. The van der Waals surface area contributed by atoms with Crippen LogP contribution in [0, 0.1) is 0 Å². The van der Waals surface area contributed by atoms with Crippen molar-refractivity contribution in [1.82, 2.24) is 20.4 Å². The maximum atomic E-state index is 7.48. The summed E-state index contributed by atoms with van der Waals surface area (Å²) in [4.78, 5) is 4.39. The molecule has 4 atom stereocenters. The average molecular weight is 346 g/mol. The average Bonchev–Trinajstić information content (AvgIpc) is 3.23. The number of hydrogen-bond acceptors (Lipinski definition) is 8. The van der Waals surface area contributed by atoms with E-state index in [-0.39, 0.29) is 51.8 Å². The summed E-state index contributed by atoms with van der Waals surface area (Å²) >= 11 is 0. The predicted molar refractivity (Wildman–Crippen MR) is 67.1 cm³/mol. The van der Waals surface area contributed by atoms with Crippen LogP contribution in [0.2, 0.25) is 0 Å². The number of methoxy groups -OCH3 is 2. The summed E-state index contributed by atoms with van der Waals surface area (Å²) in [6.07, 6.45) is -2.28. The van der Waals surface area contributed by atoms with Gasteiger partial charge in [-0.05, 0) is 0 Å². The molecule has 0 bridgehead atoms. The summed E-state index contributed by atoms with van der Waals surface area (Å²) in [5.41, 5.74) is 27.9. The molecule has 11 heteroatoms.